The molecule has 0 aromatic heterocycles. The average Bonchev–Trinajstić information content (AvgIpc) is 2.98. The third kappa shape index (κ3) is 4.77. The van der Waals surface area contributed by atoms with Crippen LogP contribution in [0.4, 0.5) is 0 Å². The molecular formula is C21H23NO4. The second kappa shape index (κ2) is 8.74. The van der Waals surface area contributed by atoms with E-state index in [9.17, 15) is 9.59 Å². The molecule has 1 N–H and O–H groups in total. The Kier molecular flexibility index (Phi) is 6.15. The molecule has 0 spiro atoms. The molecule has 3 rings (SSSR count). The maximum Gasteiger partial charge on any atom is 0.250 e. The number of ether oxygens (including phenoxy) is 2. The summed E-state index contributed by atoms with van der Waals surface area (Å²) in [4.78, 5) is 24.7. The fourth-order valence-electron chi connectivity index (χ4n) is 2.93. The minimum atomic E-state index is -0.682. The highest BCUT2D eigenvalue weighted by Crippen LogP contribution is 2.13. The fourth-order valence-corrected chi connectivity index (χ4v) is 2.93. The highest BCUT2D eigenvalue weighted by atomic mass is 16.5. The minimum Gasteiger partial charge on any atom is -0.368 e. The largest absolute Gasteiger partial charge is 0.368 e. The van der Waals surface area contributed by atoms with Gasteiger partial charge in [0.1, 0.15) is 18.8 Å². The van der Waals surface area contributed by atoms with Crippen LogP contribution in [0, 0.1) is 0 Å². The van der Waals surface area contributed by atoms with Crippen molar-refractivity contribution in [2.24, 2.45) is 0 Å². The van der Waals surface area contributed by atoms with Crippen LogP contribution in [0.1, 0.15) is 18.1 Å². The topological polar surface area (TPSA) is 64.6 Å². The summed E-state index contributed by atoms with van der Waals surface area (Å²) in [5.74, 6) is -0.396. The van der Waals surface area contributed by atoms with Gasteiger partial charge in [-0.3, -0.25) is 9.59 Å². The highest BCUT2D eigenvalue weighted by Gasteiger charge is 2.35. The van der Waals surface area contributed by atoms with Crippen LogP contribution in [0.2, 0.25) is 0 Å². The molecule has 3 atom stereocenters. The van der Waals surface area contributed by atoms with Gasteiger partial charge in [-0.15, -0.1) is 0 Å². The lowest BCUT2D eigenvalue weighted by atomic mass is 10.1. The van der Waals surface area contributed by atoms with E-state index >= 15 is 0 Å². The van der Waals surface area contributed by atoms with Crippen LogP contribution in [-0.4, -0.2) is 36.5 Å². The van der Waals surface area contributed by atoms with E-state index in [1.54, 1.807) is 6.92 Å². The number of rotatable bonds is 7. The number of hydrogen-bond acceptors (Lipinski definition) is 4. The Hall–Kier alpha value is -2.50. The maximum atomic E-state index is 12.8. The molecule has 1 heterocycles. The van der Waals surface area contributed by atoms with E-state index in [1.807, 2.05) is 60.7 Å². The van der Waals surface area contributed by atoms with E-state index < -0.39 is 12.1 Å². The van der Waals surface area contributed by atoms with Crippen LogP contribution < -0.4 is 5.32 Å². The summed E-state index contributed by atoms with van der Waals surface area (Å²) < 4.78 is 11.2. The van der Waals surface area contributed by atoms with Gasteiger partial charge in [0.05, 0.1) is 12.7 Å². The molecular weight excluding hydrogens is 330 g/mol. The number of carbonyl (C=O) groups excluding carboxylic acids is 2. The molecule has 26 heavy (non-hydrogen) atoms. The van der Waals surface area contributed by atoms with E-state index in [1.165, 1.54) is 0 Å². The third-order valence-corrected chi connectivity index (χ3v) is 4.45. The summed E-state index contributed by atoms with van der Waals surface area (Å²) in [6.45, 7) is 2.16. The molecule has 2 aromatic rings. The van der Waals surface area contributed by atoms with Crippen molar-refractivity contribution in [3.63, 3.8) is 0 Å². The molecule has 2 aromatic carbocycles. The maximum absolute atomic E-state index is 12.8. The van der Waals surface area contributed by atoms with Gasteiger partial charge in [-0.05, 0) is 18.1 Å². The Bertz CT molecular complexity index is 732. The Morgan fingerprint density at radius 3 is 2.31 bits per heavy atom. The first-order valence-electron chi connectivity index (χ1n) is 8.77. The van der Waals surface area contributed by atoms with E-state index in [-0.39, 0.29) is 24.4 Å². The molecule has 1 aliphatic rings. The van der Waals surface area contributed by atoms with E-state index in [2.05, 4.69) is 5.32 Å². The van der Waals surface area contributed by atoms with Crippen molar-refractivity contribution >= 4 is 11.7 Å². The molecule has 0 saturated carbocycles. The van der Waals surface area contributed by atoms with Crippen molar-refractivity contribution in [3.05, 3.63) is 71.8 Å². The van der Waals surface area contributed by atoms with E-state index in [0.717, 1.165) is 11.1 Å². The van der Waals surface area contributed by atoms with Gasteiger partial charge >= 0.3 is 0 Å². The zero-order chi connectivity index (χ0) is 18.4. The number of nitrogens with one attached hydrogen (secondary N) is 1. The molecule has 0 aliphatic carbocycles. The third-order valence-electron chi connectivity index (χ3n) is 4.45. The van der Waals surface area contributed by atoms with Gasteiger partial charge in [0.15, 0.2) is 5.78 Å². The number of ketones is 1. The summed E-state index contributed by atoms with van der Waals surface area (Å²) in [7, 11) is 0. The Labute approximate surface area is 153 Å². The zero-order valence-electron chi connectivity index (χ0n) is 14.8. The van der Waals surface area contributed by atoms with Crippen LogP contribution in [0.25, 0.3) is 0 Å². The SMILES string of the molecule is CC1OCC(=O)C1NC(=O)C(Cc1ccccc1)OCc1ccccc1. The number of Topliss-reactive ketones (excluding diaryl/α,β-unsaturated/α-hetero) is 1. The lowest BCUT2D eigenvalue weighted by Gasteiger charge is -2.21. The van der Waals surface area contributed by atoms with E-state index in [4.69, 9.17) is 9.47 Å². The number of hydrogen-bond donors (Lipinski definition) is 1. The fraction of sp³-hybridized carbons (Fsp3) is 0.333. The van der Waals surface area contributed by atoms with Crippen LogP contribution in [0.5, 0.6) is 0 Å². The monoisotopic (exact) mass is 353 g/mol. The predicted octanol–water partition coefficient (Wildman–Crippen LogP) is 2.29. The van der Waals surface area contributed by atoms with Gasteiger partial charge in [-0.1, -0.05) is 60.7 Å². The summed E-state index contributed by atoms with van der Waals surface area (Å²) in [5.41, 5.74) is 2.00. The molecule has 5 heteroatoms. The molecule has 1 saturated heterocycles. The van der Waals surface area contributed by atoms with Crippen molar-refractivity contribution in [3.8, 4) is 0 Å². The summed E-state index contributed by atoms with van der Waals surface area (Å²) in [6.07, 6.45) is -0.563. The van der Waals surface area contributed by atoms with E-state index in [0.29, 0.717) is 13.0 Å². The smallest absolute Gasteiger partial charge is 0.250 e. The minimum absolute atomic E-state index is 0.0420. The molecule has 1 amide bonds. The van der Waals surface area contributed by atoms with Crippen LogP contribution in [-0.2, 0) is 32.1 Å². The second-order valence-corrected chi connectivity index (χ2v) is 6.44. The molecule has 0 radical (unpaired) electrons. The van der Waals surface area contributed by atoms with Crippen LogP contribution >= 0.6 is 0 Å². The number of amides is 1. The van der Waals surface area contributed by atoms with Gasteiger partial charge in [-0.25, -0.2) is 0 Å². The van der Waals surface area contributed by atoms with Crippen molar-refractivity contribution in [2.45, 2.75) is 38.2 Å². The summed E-state index contributed by atoms with van der Waals surface area (Å²) in [6, 6.07) is 18.8. The second-order valence-electron chi connectivity index (χ2n) is 6.44. The van der Waals surface area contributed by atoms with Crippen LogP contribution in [0.3, 0.4) is 0 Å². The van der Waals surface area contributed by atoms with Gasteiger partial charge in [0.25, 0.3) is 0 Å². The molecule has 136 valence electrons. The number of benzene rings is 2. The average molecular weight is 353 g/mol. The molecule has 3 unspecified atom stereocenters. The molecule has 1 aliphatic heterocycles. The number of carbonyl (C=O) groups is 2. The Balaban J connectivity index is 1.68. The van der Waals surface area contributed by atoms with Gasteiger partial charge < -0.3 is 14.8 Å². The van der Waals surface area contributed by atoms with Gasteiger partial charge in [-0.2, -0.15) is 0 Å². The van der Waals surface area contributed by atoms with Crippen molar-refractivity contribution < 1.29 is 19.1 Å². The molecule has 5 nitrogen and oxygen atoms in total. The molecule has 1 fully saturated rings. The van der Waals surface area contributed by atoms with Crippen LogP contribution in [0.15, 0.2) is 60.7 Å². The van der Waals surface area contributed by atoms with Gasteiger partial charge in [0.2, 0.25) is 5.91 Å². The van der Waals surface area contributed by atoms with Gasteiger partial charge in [0, 0.05) is 6.42 Å². The lowest BCUT2D eigenvalue weighted by Crippen LogP contribution is -2.49. The highest BCUT2D eigenvalue weighted by molar-refractivity contribution is 5.93. The predicted molar refractivity (Wildman–Crippen MR) is 97.5 cm³/mol. The first-order valence-corrected chi connectivity index (χ1v) is 8.77. The zero-order valence-corrected chi connectivity index (χ0v) is 14.8. The summed E-state index contributed by atoms with van der Waals surface area (Å²) in [5, 5.41) is 2.80. The standard InChI is InChI=1S/C21H23NO4/c1-15-20(18(23)14-25-15)22-21(24)19(12-16-8-4-2-5-9-16)26-13-17-10-6-3-7-11-17/h2-11,15,19-20H,12-14H2,1H3,(H,22,24). The first-order chi connectivity index (χ1) is 12.6. The Morgan fingerprint density at radius 2 is 1.73 bits per heavy atom. The normalized spacial score (nSPS) is 20.7. The van der Waals surface area contributed by atoms with Crippen molar-refractivity contribution in [1.82, 2.24) is 5.32 Å². The quantitative estimate of drug-likeness (QED) is 0.829. The lowest BCUT2D eigenvalue weighted by molar-refractivity contribution is -0.136. The molecule has 0 bridgehead atoms. The Morgan fingerprint density at radius 1 is 1.12 bits per heavy atom. The van der Waals surface area contributed by atoms with Crippen molar-refractivity contribution in [1.29, 1.82) is 0 Å². The first kappa shape index (κ1) is 18.3. The summed E-state index contributed by atoms with van der Waals surface area (Å²) >= 11 is 0. The van der Waals surface area contributed by atoms with Crippen molar-refractivity contribution in [2.75, 3.05) is 6.61 Å².